The summed E-state index contributed by atoms with van der Waals surface area (Å²) in [5.74, 6) is 0.0888. The number of phenols is 1. The number of anilines is 1. The van der Waals surface area contributed by atoms with Crippen molar-refractivity contribution in [2.75, 3.05) is 32.5 Å². The van der Waals surface area contributed by atoms with Crippen LogP contribution in [-0.4, -0.2) is 54.2 Å². The van der Waals surface area contributed by atoms with Crippen LogP contribution in [0.2, 0.25) is 10.0 Å². The van der Waals surface area contributed by atoms with Crippen LogP contribution in [-0.2, 0) is 11.2 Å². The molecule has 2 atom stereocenters. The third-order valence-electron chi connectivity index (χ3n) is 4.61. The second-order valence-corrected chi connectivity index (χ2v) is 7.92. The zero-order valence-electron chi connectivity index (χ0n) is 17.2. The Bertz CT molecular complexity index is 809. The Kier molecular flexibility index (Phi) is 10.7. The highest BCUT2D eigenvalue weighted by Crippen LogP contribution is 2.32. The lowest BCUT2D eigenvalue weighted by Gasteiger charge is -2.21. The Morgan fingerprint density at radius 2 is 1.70 bits per heavy atom. The minimum Gasteiger partial charge on any atom is -0.508 e. The van der Waals surface area contributed by atoms with Gasteiger partial charge in [0.05, 0.1) is 28.4 Å². The fourth-order valence-corrected chi connectivity index (χ4v) is 3.44. The molecule has 0 aliphatic carbocycles. The van der Waals surface area contributed by atoms with Crippen molar-refractivity contribution in [2.24, 2.45) is 0 Å². The van der Waals surface area contributed by atoms with E-state index >= 15 is 0 Å². The Morgan fingerprint density at radius 3 is 2.23 bits per heavy atom. The van der Waals surface area contributed by atoms with Crippen LogP contribution in [0.4, 0.5) is 5.69 Å². The summed E-state index contributed by atoms with van der Waals surface area (Å²) >= 11 is 12.7. The molecule has 0 fully saturated rings. The van der Waals surface area contributed by atoms with Gasteiger partial charge in [-0.2, -0.15) is 0 Å². The van der Waals surface area contributed by atoms with Gasteiger partial charge in [-0.15, -0.1) is 12.4 Å². The molecule has 6 nitrogen and oxygen atoms in total. The molecule has 0 aromatic heterocycles. The highest BCUT2D eigenvalue weighted by atomic mass is 35.5. The Morgan fingerprint density at radius 1 is 1.13 bits per heavy atom. The molecule has 4 N–H and O–H groups in total. The number of aliphatic hydroxyl groups is 1. The molecule has 0 saturated heterocycles. The Labute approximate surface area is 193 Å². The molecule has 30 heavy (non-hydrogen) atoms. The van der Waals surface area contributed by atoms with Gasteiger partial charge in [-0.25, -0.2) is 0 Å². The molecule has 2 aromatic rings. The molecule has 0 aliphatic heterocycles. The highest BCUT2D eigenvalue weighted by molar-refractivity contribution is 6.39. The smallest absolute Gasteiger partial charge is 0.241 e. The van der Waals surface area contributed by atoms with E-state index in [1.54, 1.807) is 38.4 Å². The van der Waals surface area contributed by atoms with Gasteiger partial charge in [0.25, 0.3) is 0 Å². The van der Waals surface area contributed by atoms with Crippen LogP contribution in [0.5, 0.6) is 5.75 Å². The van der Waals surface area contributed by atoms with Gasteiger partial charge in [0, 0.05) is 20.1 Å². The summed E-state index contributed by atoms with van der Waals surface area (Å²) < 4.78 is 0. The Hall–Kier alpha value is -1.70. The number of hydrogen-bond donors (Lipinski definition) is 4. The summed E-state index contributed by atoms with van der Waals surface area (Å²) in [5, 5.41) is 26.9. The van der Waals surface area contributed by atoms with Gasteiger partial charge in [-0.05, 0) is 55.3 Å². The summed E-state index contributed by atoms with van der Waals surface area (Å²) in [6.45, 7) is 2.63. The number of aliphatic hydroxyl groups excluding tert-OH is 1. The van der Waals surface area contributed by atoms with Gasteiger partial charge in [0.15, 0.2) is 0 Å². The molecule has 2 aromatic carbocycles. The van der Waals surface area contributed by atoms with Gasteiger partial charge in [0.2, 0.25) is 5.91 Å². The average Bonchev–Trinajstić information content (AvgIpc) is 2.67. The number of halogens is 3. The number of nitrogens with one attached hydrogen (secondary N) is 2. The van der Waals surface area contributed by atoms with E-state index in [4.69, 9.17) is 23.2 Å². The van der Waals surface area contributed by atoms with Crippen LogP contribution < -0.4 is 10.6 Å². The normalized spacial score (nSPS) is 12.6. The van der Waals surface area contributed by atoms with Gasteiger partial charge >= 0.3 is 0 Å². The second-order valence-electron chi connectivity index (χ2n) is 7.11. The molecule has 0 aliphatic rings. The van der Waals surface area contributed by atoms with E-state index in [1.165, 1.54) is 4.90 Å². The zero-order valence-corrected chi connectivity index (χ0v) is 19.5. The van der Waals surface area contributed by atoms with Crippen molar-refractivity contribution in [3.05, 3.63) is 57.6 Å². The van der Waals surface area contributed by atoms with Crippen molar-refractivity contribution >= 4 is 47.2 Å². The number of phenolic OH excluding ortho intramolecular Hbond substituents is 1. The third kappa shape index (κ3) is 7.52. The van der Waals surface area contributed by atoms with Crippen LogP contribution in [0.3, 0.4) is 0 Å². The van der Waals surface area contributed by atoms with Crippen molar-refractivity contribution in [1.29, 1.82) is 0 Å². The van der Waals surface area contributed by atoms with Crippen LogP contribution in [0, 0.1) is 0 Å². The van der Waals surface area contributed by atoms with Gasteiger partial charge < -0.3 is 25.7 Å². The molecular weight excluding hydrogens is 449 g/mol. The van der Waals surface area contributed by atoms with Gasteiger partial charge in [-0.1, -0.05) is 35.3 Å². The monoisotopic (exact) mass is 475 g/mol. The minimum absolute atomic E-state index is 0. The van der Waals surface area contributed by atoms with Crippen molar-refractivity contribution in [1.82, 2.24) is 10.2 Å². The van der Waals surface area contributed by atoms with E-state index in [-0.39, 0.29) is 36.7 Å². The summed E-state index contributed by atoms with van der Waals surface area (Å²) in [7, 11) is 3.37. The fraction of sp³-hybridized carbons (Fsp3) is 0.381. The van der Waals surface area contributed by atoms with Crippen LogP contribution in [0.1, 0.15) is 24.2 Å². The molecule has 0 spiro atoms. The number of amides is 1. The number of aromatic hydroxyl groups is 1. The molecule has 0 saturated carbocycles. The summed E-state index contributed by atoms with van der Waals surface area (Å²) in [6.07, 6.45) is -0.0215. The molecule has 0 radical (unpaired) electrons. The zero-order chi connectivity index (χ0) is 21.6. The molecular formula is C21H28Cl3N3O3. The summed E-state index contributed by atoms with van der Waals surface area (Å²) in [6, 6.07) is 9.96. The Balaban J connectivity index is 0.00000450. The number of likely N-dealkylation sites (N-methyl/N-ethyl adjacent to an activating group) is 1. The molecule has 1 amide bonds. The highest BCUT2D eigenvalue weighted by Gasteiger charge is 2.16. The fourth-order valence-electron chi connectivity index (χ4n) is 2.78. The molecule has 166 valence electrons. The first-order valence-electron chi connectivity index (χ1n) is 9.31. The summed E-state index contributed by atoms with van der Waals surface area (Å²) in [4.78, 5) is 13.2. The predicted molar refractivity (Wildman–Crippen MR) is 125 cm³/mol. The SMILES string of the molecule is C[C@H](NCCc1cc(Cl)c(NCC(=O)N(C)C)c(Cl)c1)[C@H](O)c1ccc(O)cc1.Cl. The number of benzene rings is 2. The summed E-state index contributed by atoms with van der Waals surface area (Å²) in [5.41, 5.74) is 2.22. The number of rotatable bonds is 9. The quantitative estimate of drug-likeness (QED) is 0.441. The van der Waals surface area contributed by atoms with Gasteiger partial charge in [-0.3, -0.25) is 4.79 Å². The van der Waals surface area contributed by atoms with E-state index in [0.29, 0.717) is 28.7 Å². The van der Waals surface area contributed by atoms with Crippen LogP contribution in [0.25, 0.3) is 0 Å². The first-order valence-corrected chi connectivity index (χ1v) is 10.1. The first-order chi connectivity index (χ1) is 13.7. The van der Waals surface area contributed by atoms with Crippen molar-refractivity contribution in [2.45, 2.75) is 25.5 Å². The largest absolute Gasteiger partial charge is 0.508 e. The maximum atomic E-state index is 11.7. The number of nitrogens with zero attached hydrogens (tertiary/aromatic N) is 1. The van der Waals surface area contributed by atoms with E-state index in [0.717, 1.165) is 11.1 Å². The molecule has 0 bridgehead atoms. The molecule has 9 heteroatoms. The van der Waals surface area contributed by atoms with Crippen molar-refractivity contribution in [3.8, 4) is 5.75 Å². The van der Waals surface area contributed by atoms with Crippen molar-refractivity contribution < 1.29 is 15.0 Å². The second kappa shape index (κ2) is 12.2. The maximum absolute atomic E-state index is 11.7. The van der Waals surface area contributed by atoms with Crippen LogP contribution >= 0.6 is 35.6 Å². The third-order valence-corrected chi connectivity index (χ3v) is 5.20. The minimum atomic E-state index is -0.691. The van der Waals surface area contributed by atoms with E-state index in [1.807, 2.05) is 19.1 Å². The number of carbonyl (C=O) groups is 1. The van der Waals surface area contributed by atoms with Gasteiger partial charge in [0.1, 0.15) is 5.75 Å². The first kappa shape index (κ1) is 26.3. The van der Waals surface area contributed by atoms with E-state index < -0.39 is 6.10 Å². The lowest BCUT2D eigenvalue weighted by Crippen LogP contribution is -2.33. The van der Waals surface area contributed by atoms with E-state index in [9.17, 15) is 15.0 Å². The molecule has 0 heterocycles. The maximum Gasteiger partial charge on any atom is 0.241 e. The predicted octanol–water partition coefficient (Wildman–Crippen LogP) is 3.88. The number of hydrogen-bond acceptors (Lipinski definition) is 5. The van der Waals surface area contributed by atoms with Crippen LogP contribution in [0.15, 0.2) is 36.4 Å². The lowest BCUT2D eigenvalue weighted by molar-refractivity contribution is -0.126. The topological polar surface area (TPSA) is 84.8 Å². The van der Waals surface area contributed by atoms with Crippen molar-refractivity contribution in [3.63, 3.8) is 0 Å². The molecule has 2 rings (SSSR count). The standard InChI is InChI=1S/C21H27Cl2N3O3.ClH/c1-13(21(29)15-4-6-16(27)7-5-15)24-9-8-14-10-17(22)20(18(23)11-14)25-12-19(28)26(2)3;/h4-7,10-11,13,21,24-25,27,29H,8-9,12H2,1-3H3;1H/t13-,21-;/m0./s1. The lowest BCUT2D eigenvalue weighted by atomic mass is 10.0. The number of carbonyl (C=O) groups excluding carboxylic acids is 1. The van der Waals surface area contributed by atoms with E-state index in [2.05, 4.69) is 10.6 Å². The average molecular weight is 477 g/mol. The molecule has 0 unspecified atom stereocenters.